The Morgan fingerprint density at radius 1 is 1.12 bits per heavy atom. The molecular weight excluding hydrogens is 330 g/mol. The number of amides is 2. The van der Waals surface area contributed by atoms with Gasteiger partial charge >= 0.3 is 0 Å². The molecule has 1 aliphatic carbocycles. The van der Waals surface area contributed by atoms with E-state index in [0.717, 1.165) is 19.4 Å². The van der Waals surface area contributed by atoms with Crippen molar-refractivity contribution >= 4 is 29.9 Å². The van der Waals surface area contributed by atoms with Gasteiger partial charge < -0.3 is 20.7 Å². The number of morpholine rings is 1. The SMILES string of the molecule is Cl.O=C(NC1CCCC1)c1ccc(NC(=O)C2CNCCO2)cc1. The van der Waals surface area contributed by atoms with E-state index in [9.17, 15) is 9.59 Å². The Bertz CT molecular complexity index is 553. The van der Waals surface area contributed by atoms with E-state index in [1.54, 1.807) is 24.3 Å². The van der Waals surface area contributed by atoms with Crippen molar-refractivity contribution < 1.29 is 14.3 Å². The van der Waals surface area contributed by atoms with Crippen LogP contribution in [0, 0.1) is 0 Å². The Morgan fingerprint density at radius 3 is 2.46 bits per heavy atom. The Labute approximate surface area is 148 Å². The monoisotopic (exact) mass is 353 g/mol. The first kappa shape index (κ1) is 18.7. The van der Waals surface area contributed by atoms with Crippen LogP contribution in [0.3, 0.4) is 0 Å². The zero-order valence-corrected chi connectivity index (χ0v) is 14.4. The highest BCUT2D eigenvalue weighted by Gasteiger charge is 2.22. The van der Waals surface area contributed by atoms with Crippen LogP contribution in [0.4, 0.5) is 5.69 Å². The highest BCUT2D eigenvalue weighted by atomic mass is 35.5. The van der Waals surface area contributed by atoms with Crippen molar-refractivity contribution in [2.24, 2.45) is 0 Å². The fourth-order valence-electron chi connectivity index (χ4n) is 3.00. The summed E-state index contributed by atoms with van der Waals surface area (Å²) in [6.07, 6.45) is 4.04. The molecule has 3 rings (SSSR count). The summed E-state index contributed by atoms with van der Waals surface area (Å²) in [5.74, 6) is -0.213. The molecule has 24 heavy (non-hydrogen) atoms. The molecule has 1 aliphatic heterocycles. The lowest BCUT2D eigenvalue weighted by molar-refractivity contribution is -0.128. The largest absolute Gasteiger partial charge is 0.366 e. The maximum absolute atomic E-state index is 12.2. The van der Waals surface area contributed by atoms with Crippen LogP contribution < -0.4 is 16.0 Å². The van der Waals surface area contributed by atoms with E-state index in [0.29, 0.717) is 30.4 Å². The van der Waals surface area contributed by atoms with Crippen molar-refractivity contribution in [3.63, 3.8) is 0 Å². The first-order valence-corrected chi connectivity index (χ1v) is 8.26. The normalized spacial score (nSPS) is 20.9. The van der Waals surface area contributed by atoms with Gasteiger partial charge in [0.25, 0.3) is 11.8 Å². The summed E-state index contributed by atoms with van der Waals surface area (Å²) in [6, 6.07) is 7.27. The summed E-state index contributed by atoms with van der Waals surface area (Å²) in [4.78, 5) is 24.2. The number of hydrogen-bond donors (Lipinski definition) is 3. The van der Waals surface area contributed by atoms with Crippen molar-refractivity contribution in [3.8, 4) is 0 Å². The molecular formula is C17H24ClN3O3. The van der Waals surface area contributed by atoms with Crippen LogP contribution >= 0.6 is 12.4 Å². The fourth-order valence-corrected chi connectivity index (χ4v) is 3.00. The number of anilines is 1. The molecule has 1 unspecified atom stereocenters. The summed E-state index contributed by atoms with van der Waals surface area (Å²) in [6.45, 7) is 1.83. The minimum absolute atomic E-state index is 0. The van der Waals surface area contributed by atoms with Crippen LogP contribution in [0.1, 0.15) is 36.0 Å². The second kappa shape index (κ2) is 9.01. The van der Waals surface area contributed by atoms with Gasteiger partial charge in [-0.1, -0.05) is 12.8 Å². The van der Waals surface area contributed by atoms with E-state index < -0.39 is 6.10 Å². The van der Waals surface area contributed by atoms with Gasteiger partial charge in [0.05, 0.1) is 6.61 Å². The minimum Gasteiger partial charge on any atom is -0.366 e. The molecule has 2 aliphatic rings. The molecule has 0 spiro atoms. The van der Waals surface area contributed by atoms with Gasteiger partial charge in [-0.25, -0.2) is 0 Å². The zero-order valence-electron chi connectivity index (χ0n) is 13.5. The molecule has 0 bridgehead atoms. The molecule has 132 valence electrons. The third-order valence-corrected chi connectivity index (χ3v) is 4.33. The molecule has 1 atom stereocenters. The highest BCUT2D eigenvalue weighted by Crippen LogP contribution is 2.18. The van der Waals surface area contributed by atoms with Gasteiger partial charge in [0, 0.05) is 30.4 Å². The predicted molar refractivity (Wildman–Crippen MR) is 94.7 cm³/mol. The lowest BCUT2D eigenvalue weighted by atomic mass is 10.1. The lowest BCUT2D eigenvalue weighted by Gasteiger charge is -2.22. The van der Waals surface area contributed by atoms with Crippen molar-refractivity contribution in [1.29, 1.82) is 0 Å². The van der Waals surface area contributed by atoms with Crippen molar-refractivity contribution in [2.75, 3.05) is 25.0 Å². The van der Waals surface area contributed by atoms with Crippen LogP contribution in [-0.2, 0) is 9.53 Å². The van der Waals surface area contributed by atoms with Gasteiger partial charge in [-0.2, -0.15) is 0 Å². The van der Waals surface area contributed by atoms with Crippen LogP contribution in [0.15, 0.2) is 24.3 Å². The van der Waals surface area contributed by atoms with Gasteiger partial charge in [0.2, 0.25) is 0 Å². The van der Waals surface area contributed by atoms with Crippen molar-refractivity contribution in [3.05, 3.63) is 29.8 Å². The van der Waals surface area contributed by atoms with Gasteiger partial charge in [0.1, 0.15) is 6.10 Å². The number of benzene rings is 1. The second-order valence-corrected chi connectivity index (χ2v) is 6.09. The van der Waals surface area contributed by atoms with Gasteiger partial charge in [0.15, 0.2) is 0 Å². The van der Waals surface area contributed by atoms with E-state index >= 15 is 0 Å². The van der Waals surface area contributed by atoms with Crippen molar-refractivity contribution in [2.45, 2.75) is 37.8 Å². The smallest absolute Gasteiger partial charge is 0.254 e. The lowest BCUT2D eigenvalue weighted by Crippen LogP contribution is -2.45. The van der Waals surface area contributed by atoms with E-state index in [1.807, 2.05) is 0 Å². The minimum atomic E-state index is -0.464. The van der Waals surface area contributed by atoms with Crippen molar-refractivity contribution in [1.82, 2.24) is 10.6 Å². The topological polar surface area (TPSA) is 79.5 Å². The average Bonchev–Trinajstić information content (AvgIpc) is 3.09. The molecule has 2 fully saturated rings. The number of hydrogen-bond acceptors (Lipinski definition) is 4. The summed E-state index contributed by atoms with van der Waals surface area (Å²) in [5.41, 5.74) is 1.28. The fraction of sp³-hybridized carbons (Fsp3) is 0.529. The molecule has 1 heterocycles. The molecule has 1 saturated heterocycles. The number of carbonyl (C=O) groups is 2. The van der Waals surface area contributed by atoms with E-state index in [4.69, 9.17) is 4.74 Å². The molecule has 0 radical (unpaired) electrons. The standard InChI is InChI=1S/C17H23N3O3.ClH/c21-16(19-13-3-1-2-4-13)12-5-7-14(8-6-12)20-17(22)15-11-18-9-10-23-15;/h5-8,13,15,18H,1-4,9-11H2,(H,19,21)(H,20,22);1H. The summed E-state index contributed by atoms with van der Waals surface area (Å²) < 4.78 is 5.41. The molecule has 3 N–H and O–H groups in total. The van der Waals surface area contributed by atoms with Crippen LogP contribution in [0.25, 0.3) is 0 Å². The Morgan fingerprint density at radius 2 is 1.83 bits per heavy atom. The van der Waals surface area contributed by atoms with Crippen LogP contribution in [0.5, 0.6) is 0 Å². The highest BCUT2D eigenvalue weighted by molar-refractivity contribution is 5.97. The molecule has 1 aromatic rings. The molecule has 0 aromatic heterocycles. The molecule has 1 aromatic carbocycles. The van der Waals surface area contributed by atoms with Gasteiger partial charge in [-0.15, -0.1) is 12.4 Å². The number of carbonyl (C=O) groups excluding carboxylic acids is 2. The van der Waals surface area contributed by atoms with Gasteiger partial charge in [-0.05, 0) is 37.1 Å². The molecule has 2 amide bonds. The maximum Gasteiger partial charge on any atom is 0.254 e. The van der Waals surface area contributed by atoms with E-state index in [-0.39, 0.29) is 24.2 Å². The predicted octanol–water partition coefficient (Wildman–Crippen LogP) is 1.71. The third-order valence-electron chi connectivity index (χ3n) is 4.33. The first-order chi connectivity index (χ1) is 11.2. The molecule has 6 nitrogen and oxygen atoms in total. The Kier molecular flexibility index (Phi) is 7.02. The number of halogens is 1. The summed E-state index contributed by atoms with van der Waals surface area (Å²) >= 11 is 0. The zero-order chi connectivity index (χ0) is 16.1. The number of nitrogens with one attached hydrogen (secondary N) is 3. The Balaban J connectivity index is 0.00000208. The second-order valence-electron chi connectivity index (χ2n) is 6.09. The maximum atomic E-state index is 12.2. The van der Waals surface area contributed by atoms with E-state index in [2.05, 4.69) is 16.0 Å². The van der Waals surface area contributed by atoms with Crippen LogP contribution in [0.2, 0.25) is 0 Å². The number of ether oxygens (including phenoxy) is 1. The molecule has 1 saturated carbocycles. The average molecular weight is 354 g/mol. The number of rotatable bonds is 4. The molecule has 7 heteroatoms. The summed E-state index contributed by atoms with van der Waals surface area (Å²) in [7, 11) is 0. The quantitative estimate of drug-likeness (QED) is 0.770. The Hall–Kier alpha value is -1.63. The van der Waals surface area contributed by atoms with Crippen LogP contribution in [-0.4, -0.2) is 43.7 Å². The third kappa shape index (κ3) is 4.93. The first-order valence-electron chi connectivity index (χ1n) is 8.26. The summed E-state index contributed by atoms with van der Waals surface area (Å²) in [5, 5.41) is 8.99. The van der Waals surface area contributed by atoms with E-state index in [1.165, 1.54) is 12.8 Å². The van der Waals surface area contributed by atoms with Gasteiger partial charge in [-0.3, -0.25) is 9.59 Å².